The monoisotopic (exact) mass is 274 g/mol. The van der Waals surface area contributed by atoms with Gasteiger partial charge < -0.3 is 10.5 Å². The zero-order valence-electron chi connectivity index (χ0n) is 12.6. The molecule has 110 valence electrons. The van der Waals surface area contributed by atoms with E-state index in [1.54, 1.807) is 7.11 Å². The Morgan fingerprint density at radius 3 is 2.95 bits per heavy atom. The fourth-order valence-electron chi connectivity index (χ4n) is 4.07. The van der Waals surface area contributed by atoms with Crippen LogP contribution in [0.15, 0.2) is 18.2 Å². The van der Waals surface area contributed by atoms with Crippen molar-refractivity contribution in [2.45, 2.75) is 44.7 Å². The van der Waals surface area contributed by atoms with Crippen molar-refractivity contribution >= 4 is 0 Å². The first kappa shape index (κ1) is 13.9. The quantitative estimate of drug-likeness (QED) is 0.921. The lowest BCUT2D eigenvalue weighted by Gasteiger charge is -2.43. The number of piperidine rings is 1. The predicted octanol–water partition coefficient (Wildman–Crippen LogP) is 2.74. The third kappa shape index (κ3) is 2.33. The SMILES string of the molecule is COc1ccc2c(c1)C(N1CCCC(C)C1CN)CC2. The number of methoxy groups -OCH3 is 1. The first-order valence-corrected chi connectivity index (χ1v) is 7.87. The molecule has 0 radical (unpaired) electrons. The van der Waals surface area contributed by atoms with Crippen LogP contribution >= 0.6 is 0 Å². The molecule has 2 aliphatic rings. The topological polar surface area (TPSA) is 38.5 Å². The molecule has 3 heteroatoms. The molecule has 1 saturated heterocycles. The van der Waals surface area contributed by atoms with E-state index in [9.17, 15) is 0 Å². The Kier molecular flexibility index (Phi) is 3.99. The summed E-state index contributed by atoms with van der Waals surface area (Å²) in [7, 11) is 1.75. The highest BCUT2D eigenvalue weighted by Gasteiger charge is 2.36. The van der Waals surface area contributed by atoms with Crippen molar-refractivity contribution in [3.63, 3.8) is 0 Å². The molecule has 1 aromatic carbocycles. The van der Waals surface area contributed by atoms with Crippen LogP contribution in [-0.4, -0.2) is 31.1 Å². The first-order valence-electron chi connectivity index (χ1n) is 7.87. The Labute approximate surface area is 122 Å². The molecule has 0 saturated carbocycles. The number of benzene rings is 1. The number of likely N-dealkylation sites (tertiary alicyclic amines) is 1. The zero-order valence-corrected chi connectivity index (χ0v) is 12.6. The average molecular weight is 274 g/mol. The standard InChI is InChI=1S/C17H26N2O/c1-12-4-3-9-19(17(12)11-18)16-8-6-13-5-7-14(20-2)10-15(13)16/h5,7,10,12,16-17H,3-4,6,8-9,11,18H2,1-2H3. The molecule has 0 aromatic heterocycles. The van der Waals surface area contributed by atoms with E-state index in [2.05, 4.69) is 30.0 Å². The van der Waals surface area contributed by atoms with Crippen molar-refractivity contribution in [3.05, 3.63) is 29.3 Å². The van der Waals surface area contributed by atoms with E-state index < -0.39 is 0 Å². The lowest BCUT2D eigenvalue weighted by atomic mass is 9.88. The third-order valence-corrected chi connectivity index (χ3v) is 5.20. The number of hydrogen-bond donors (Lipinski definition) is 1. The van der Waals surface area contributed by atoms with Crippen LogP contribution in [0.25, 0.3) is 0 Å². The molecule has 2 N–H and O–H groups in total. The summed E-state index contributed by atoms with van der Waals surface area (Å²) in [6.07, 6.45) is 5.03. The largest absolute Gasteiger partial charge is 0.497 e. The highest BCUT2D eigenvalue weighted by molar-refractivity contribution is 5.41. The van der Waals surface area contributed by atoms with Crippen molar-refractivity contribution < 1.29 is 4.74 Å². The molecule has 0 amide bonds. The Morgan fingerprint density at radius 2 is 2.20 bits per heavy atom. The van der Waals surface area contributed by atoms with Gasteiger partial charge in [-0.25, -0.2) is 0 Å². The molecule has 3 rings (SSSR count). The normalized spacial score (nSPS) is 30.2. The number of aryl methyl sites for hydroxylation is 1. The second-order valence-corrected chi connectivity index (χ2v) is 6.28. The minimum Gasteiger partial charge on any atom is -0.497 e. The van der Waals surface area contributed by atoms with Crippen molar-refractivity contribution in [3.8, 4) is 5.75 Å². The summed E-state index contributed by atoms with van der Waals surface area (Å²) in [6, 6.07) is 7.63. The molecule has 1 aromatic rings. The van der Waals surface area contributed by atoms with Gasteiger partial charge in [0, 0.05) is 18.6 Å². The van der Waals surface area contributed by atoms with Crippen molar-refractivity contribution in [1.29, 1.82) is 0 Å². The van der Waals surface area contributed by atoms with Gasteiger partial charge in [-0.05, 0) is 61.4 Å². The number of nitrogens with two attached hydrogens (primary N) is 1. The molecule has 1 heterocycles. The van der Waals surface area contributed by atoms with Crippen LogP contribution < -0.4 is 10.5 Å². The van der Waals surface area contributed by atoms with Crippen LogP contribution in [0.2, 0.25) is 0 Å². The fourth-order valence-corrected chi connectivity index (χ4v) is 4.07. The molecule has 3 atom stereocenters. The fraction of sp³-hybridized carbons (Fsp3) is 0.647. The van der Waals surface area contributed by atoms with Crippen LogP contribution in [0.4, 0.5) is 0 Å². The minimum absolute atomic E-state index is 0.533. The van der Waals surface area contributed by atoms with E-state index in [4.69, 9.17) is 10.5 Å². The summed E-state index contributed by atoms with van der Waals surface area (Å²) < 4.78 is 5.41. The van der Waals surface area contributed by atoms with Crippen LogP contribution in [0, 0.1) is 5.92 Å². The van der Waals surface area contributed by atoms with Gasteiger partial charge in [0.25, 0.3) is 0 Å². The van der Waals surface area contributed by atoms with Crippen LogP contribution in [0.5, 0.6) is 5.75 Å². The zero-order chi connectivity index (χ0) is 14.1. The maximum Gasteiger partial charge on any atom is 0.119 e. The van der Waals surface area contributed by atoms with Gasteiger partial charge in [0.2, 0.25) is 0 Å². The van der Waals surface area contributed by atoms with E-state index in [0.29, 0.717) is 18.0 Å². The summed E-state index contributed by atoms with van der Waals surface area (Å²) in [5.41, 5.74) is 9.02. The van der Waals surface area contributed by atoms with Crippen LogP contribution in [0.1, 0.15) is 43.4 Å². The third-order valence-electron chi connectivity index (χ3n) is 5.20. The number of rotatable bonds is 3. The Hall–Kier alpha value is -1.06. The average Bonchev–Trinajstić information content (AvgIpc) is 2.89. The highest BCUT2D eigenvalue weighted by atomic mass is 16.5. The van der Waals surface area contributed by atoms with Crippen molar-refractivity contribution in [2.24, 2.45) is 11.7 Å². The summed E-state index contributed by atoms with van der Waals surface area (Å²) in [6.45, 7) is 4.32. The number of fused-ring (bicyclic) bond motifs is 1. The highest BCUT2D eigenvalue weighted by Crippen LogP contribution is 2.41. The van der Waals surface area contributed by atoms with E-state index >= 15 is 0 Å². The Morgan fingerprint density at radius 1 is 1.35 bits per heavy atom. The van der Waals surface area contributed by atoms with Gasteiger partial charge in [-0.15, -0.1) is 0 Å². The lowest BCUT2D eigenvalue weighted by molar-refractivity contribution is 0.0619. The van der Waals surface area contributed by atoms with Gasteiger partial charge >= 0.3 is 0 Å². The minimum atomic E-state index is 0.533. The molecular weight excluding hydrogens is 248 g/mol. The molecule has 0 spiro atoms. The molecule has 1 aliphatic carbocycles. The van der Waals surface area contributed by atoms with Crippen LogP contribution in [-0.2, 0) is 6.42 Å². The molecular formula is C17H26N2O. The summed E-state index contributed by atoms with van der Waals surface area (Å²) >= 11 is 0. The van der Waals surface area contributed by atoms with Crippen molar-refractivity contribution in [1.82, 2.24) is 4.90 Å². The predicted molar refractivity (Wildman–Crippen MR) is 82.0 cm³/mol. The maximum atomic E-state index is 6.06. The smallest absolute Gasteiger partial charge is 0.119 e. The van der Waals surface area contributed by atoms with Gasteiger partial charge in [-0.3, -0.25) is 4.90 Å². The van der Waals surface area contributed by atoms with Gasteiger partial charge in [0.05, 0.1) is 7.11 Å². The van der Waals surface area contributed by atoms with Gasteiger partial charge in [0.1, 0.15) is 5.75 Å². The number of hydrogen-bond acceptors (Lipinski definition) is 3. The van der Waals surface area contributed by atoms with Gasteiger partial charge in [-0.1, -0.05) is 13.0 Å². The summed E-state index contributed by atoms with van der Waals surface area (Å²) in [5, 5.41) is 0. The second kappa shape index (κ2) is 5.74. The van der Waals surface area contributed by atoms with E-state index in [-0.39, 0.29) is 0 Å². The van der Waals surface area contributed by atoms with E-state index in [1.165, 1.54) is 43.4 Å². The number of nitrogens with zero attached hydrogens (tertiary/aromatic N) is 1. The molecule has 3 nitrogen and oxygen atoms in total. The first-order chi connectivity index (χ1) is 9.74. The second-order valence-electron chi connectivity index (χ2n) is 6.28. The lowest BCUT2D eigenvalue weighted by Crippen LogP contribution is -2.49. The Bertz CT molecular complexity index is 474. The molecule has 1 aliphatic heterocycles. The molecule has 3 unspecified atom stereocenters. The van der Waals surface area contributed by atoms with E-state index in [0.717, 1.165) is 12.3 Å². The van der Waals surface area contributed by atoms with Gasteiger partial charge in [0.15, 0.2) is 0 Å². The molecule has 1 fully saturated rings. The van der Waals surface area contributed by atoms with Crippen LogP contribution in [0.3, 0.4) is 0 Å². The van der Waals surface area contributed by atoms with Crippen molar-refractivity contribution in [2.75, 3.05) is 20.2 Å². The van der Waals surface area contributed by atoms with Gasteiger partial charge in [-0.2, -0.15) is 0 Å². The molecule has 0 bridgehead atoms. The summed E-state index contributed by atoms with van der Waals surface area (Å²) in [5.74, 6) is 1.69. The number of ether oxygens (including phenoxy) is 1. The Balaban J connectivity index is 1.89. The maximum absolute atomic E-state index is 6.06. The summed E-state index contributed by atoms with van der Waals surface area (Å²) in [4.78, 5) is 2.67. The van der Waals surface area contributed by atoms with E-state index in [1.807, 2.05) is 0 Å². The molecule has 20 heavy (non-hydrogen) atoms.